The van der Waals surface area contributed by atoms with Crippen LogP contribution in [0.2, 0.25) is 0 Å². The fourth-order valence-electron chi connectivity index (χ4n) is 1.42. The molecule has 6 nitrogen and oxygen atoms in total. The number of nitrogens with zero attached hydrogens (tertiary/aromatic N) is 3. The molecule has 2 rings (SSSR count). The molecule has 0 amide bonds. The maximum Gasteiger partial charge on any atom is 0.378 e. The molecule has 0 saturated carbocycles. The number of aromatic nitrogens is 3. The Morgan fingerprint density at radius 3 is 2.94 bits per heavy atom. The van der Waals surface area contributed by atoms with Gasteiger partial charge in [0.05, 0.1) is 18.6 Å². The van der Waals surface area contributed by atoms with Crippen molar-refractivity contribution in [2.45, 2.75) is 6.92 Å². The largest absolute Gasteiger partial charge is 0.496 e. The first-order chi connectivity index (χ1) is 8.65. The molecule has 0 aliphatic rings. The Bertz CT molecular complexity index is 562. The molecular weight excluding hydrogens is 254 g/mol. The number of carbonyl (C=O) groups excluding carboxylic acids is 1. The van der Waals surface area contributed by atoms with Gasteiger partial charge >= 0.3 is 5.97 Å². The van der Waals surface area contributed by atoms with Crippen molar-refractivity contribution in [3.05, 3.63) is 17.3 Å². The van der Waals surface area contributed by atoms with Gasteiger partial charge in [0.15, 0.2) is 5.82 Å². The van der Waals surface area contributed by atoms with E-state index >= 15 is 0 Å². The Morgan fingerprint density at radius 2 is 2.33 bits per heavy atom. The highest BCUT2D eigenvalue weighted by Gasteiger charge is 2.17. The Kier molecular flexibility index (Phi) is 3.61. The van der Waals surface area contributed by atoms with Crippen LogP contribution in [-0.2, 0) is 11.8 Å². The van der Waals surface area contributed by atoms with Gasteiger partial charge in [-0.1, -0.05) is 0 Å². The molecule has 0 N–H and O–H groups in total. The normalized spacial score (nSPS) is 10.4. The molecule has 7 heteroatoms. The van der Waals surface area contributed by atoms with Crippen molar-refractivity contribution in [3.63, 3.8) is 0 Å². The van der Waals surface area contributed by atoms with E-state index in [0.29, 0.717) is 12.4 Å². The maximum absolute atomic E-state index is 11.5. The van der Waals surface area contributed by atoms with Crippen molar-refractivity contribution in [2.24, 2.45) is 7.05 Å². The number of hydrogen-bond donors (Lipinski definition) is 0. The Morgan fingerprint density at radius 1 is 1.56 bits per heavy atom. The molecule has 0 bridgehead atoms. The van der Waals surface area contributed by atoms with Crippen LogP contribution in [0.15, 0.2) is 11.4 Å². The lowest BCUT2D eigenvalue weighted by Gasteiger charge is -1.94. The Hall–Kier alpha value is -1.89. The summed E-state index contributed by atoms with van der Waals surface area (Å²) in [5.41, 5.74) is 0. The molecule has 2 aromatic heterocycles. The zero-order chi connectivity index (χ0) is 13.1. The van der Waals surface area contributed by atoms with E-state index in [4.69, 9.17) is 9.47 Å². The average molecular weight is 267 g/mol. The van der Waals surface area contributed by atoms with Crippen molar-refractivity contribution in [1.29, 1.82) is 0 Å². The molecule has 96 valence electrons. The minimum absolute atomic E-state index is 0.0710. The monoisotopic (exact) mass is 267 g/mol. The van der Waals surface area contributed by atoms with E-state index in [1.54, 1.807) is 25.8 Å². The first-order valence-corrected chi connectivity index (χ1v) is 6.24. The number of rotatable bonds is 4. The van der Waals surface area contributed by atoms with E-state index in [0.717, 1.165) is 10.6 Å². The summed E-state index contributed by atoms with van der Waals surface area (Å²) in [7, 11) is 3.34. The van der Waals surface area contributed by atoms with Crippen LogP contribution in [0.3, 0.4) is 0 Å². The topological polar surface area (TPSA) is 66.2 Å². The third-order valence-corrected chi connectivity index (χ3v) is 3.16. The third-order valence-electron chi connectivity index (χ3n) is 2.25. The van der Waals surface area contributed by atoms with Gasteiger partial charge in [-0.05, 0) is 6.92 Å². The number of esters is 1. The highest BCUT2D eigenvalue weighted by atomic mass is 32.1. The van der Waals surface area contributed by atoms with E-state index in [1.165, 1.54) is 11.3 Å². The molecule has 0 radical (unpaired) electrons. The van der Waals surface area contributed by atoms with Gasteiger partial charge in [-0.2, -0.15) is 0 Å². The fourth-order valence-corrected chi connectivity index (χ4v) is 2.30. The number of thiophene rings is 1. The van der Waals surface area contributed by atoms with Gasteiger partial charge in [0, 0.05) is 18.5 Å². The standard InChI is InChI=1S/C11H13N3O3S/c1-4-17-11(15)9-12-10(14(2)13-9)8-5-7(16-3)6-18-8/h5-6H,4H2,1-3H3. The summed E-state index contributed by atoms with van der Waals surface area (Å²) in [5.74, 6) is 0.937. The quantitative estimate of drug-likeness (QED) is 0.789. The van der Waals surface area contributed by atoms with Crippen molar-refractivity contribution < 1.29 is 14.3 Å². The number of methoxy groups -OCH3 is 1. The highest BCUT2D eigenvalue weighted by Crippen LogP contribution is 2.29. The molecule has 0 saturated heterocycles. The first kappa shape index (κ1) is 12.6. The van der Waals surface area contributed by atoms with Crippen LogP contribution in [0.25, 0.3) is 10.7 Å². The second-order valence-corrected chi connectivity index (χ2v) is 4.37. The predicted molar refractivity (Wildman–Crippen MR) is 66.8 cm³/mol. The van der Waals surface area contributed by atoms with Crippen LogP contribution in [0.5, 0.6) is 5.75 Å². The van der Waals surface area contributed by atoms with E-state index < -0.39 is 5.97 Å². The smallest absolute Gasteiger partial charge is 0.378 e. The molecule has 0 aromatic carbocycles. The lowest BCUT2D eigenvalue weighted by atomic mass is 10.4. The van der Waals surface area contributed by atoms with E-state index in [9.17, 15) is 4.79 Å². The summed E-state index contributed by atoms with van der Waals surface area (Å²) in [6.45, 7) is 2.05. The number of carbonyl (C=O) groups is 1. The van der Waals surface area contributed by atoms with E-state index in [-0.39, 0.29) is 5.82 Å². The van der Waals surface area contributed by atoms with Gasteiger partial charge in [0.1, 0.15) is 5.75 Å². The summed E-state index contributed by atoms with van der Waals surface area (Å²) in [6.07, 6.45) is 0. The molecule has 0 atom stereocenters. The average Bonchev–Trinajstić information content (AvgIpc) is 2.95. The predicted octanol–water partition coefficient (Wildman–Crippen LogP) is 1.73. The molecule has 18 heavy (non-hydrogen) atoms. The molecular formula is C11H13N3O3S. The minimum atomic E-state index is -0.511. The fraction of sp³-hybridized carbons (Fsp3) is 0.364. The van der Waals surface area contributed by atoms with Gasteiger partial charge < -0.3 is 9.47 Å². The molecule has 0 aliphatic heterocycles. The molecule has 2 aromatic rings. The lowest BCUT2D eigenvalue weighted by molar-refractivity contribution is 0.0512. The summed E-state index contributed by atoms with van der Waals surface area (Å²) >= 11 is 1.48. The molecule has 0 fully saturated rings. The summed E-state index contributed by atoms with van der Waals surface area (Å²) < 4.78 is 11.5. The van der Waals surface area contributed by atoms with Crippen LogP contribution < -0.4 is 4.74 Å². The van der Waals surface area contributed by atoms with E-state index in [2.05, 4.69) is 10.1 Å². The molecule has 2 heterocycles. The lowest BCUT2D eigenvalue weighted by Crippen LogP contribution is -2.07. The number of hydrogen-bond acceptors (Lipinski definition) is 6. The van der Waals surface area contributed by atoms with Crippen molar-refractivity contribution >= 4 is 17.3 Å². The second kappa shape index (κ2) is 5.18. The Balaban J connectivity index is 2.31. The van der Waals surface area contributed by atoms with Crippen LogP contribution in [0, 0.1) is 0 Å². The van der Waals surface area contributed by atoms with Gasteiger partial charge in [0.2, 0.25) is 0 Å². The second-order valence-electron chi connectivity index (χ2n) is 3.45. The van der Waals surface area contributed by atoms with Crippen molar-refractivity contribution in [2.75, 3.05) is 13.7 Å². The number of aryl methyl sites for hydroxylation is 1. The highest BCUT2D eigenvalue weighted by molar-refractivity contribution is 7.13. The zero-order valence-electron chi connectivity index (χ0n) is 10.3. The van der Waals surface area contributed by atoms with Crippen LogP contribution >= 0.6 is 11.3 Å². The first-order valence-electron chi connectivity index (χ1n) is 5.36. The summed E-state index contributed by atoms with van der Waals surface area (Å²) in [6, 6.07) is 1.85. The van der Waals surface area contributed by atoms with Gasteiger partial charge in [-0.25, -0.2) is 14.5 Å². The van der Waals surface area contributed by atoms with Crippen LogP contribution in [-0.4, -0.2) is 34.5 Å². The van der Waals surface area contributed by atoms with Gasteiger partial charge in [-0.3, -0.25) is 0 Å². The van der Waals surface area contributed by atoms with Gasteiger partial charge in [-0.15, -0.1) is 16.4 Å². The summed E-state index contributed by atoms with van der Waals surface area (Å²) in [4.78, 5) is 16.6. The van der Waals surface area contributed by atoms with Crippen molar-refractivity contribution in [1.82, 2.24) is 14.8 Å². The molecule has 0 aliphatic carbocycles. The van der Waals surface area contributed by atoms with Crippen LogP contribution in [0.1, 0.15) is 17.5 Å². The van der Waals surface area contributed by atoms with Gasteiger partial charge in [0.25, 0.3) is 5.82 Å². The summed E-state index contributed by atoms with van der Waals surface area (Å²) in [5, 5.41) is 5.91. The maximum atomic E-state index is 11.5. The van der Waals surface area contributed by atoms with Crippen LogP contribution in [0.4, 0.5) is 0 Å². The third kappa shape index (κ3) is 2.35. The number of ether oxygens (including phenoxy) is 2. The minimum Gasteiger partial charge on any atom is -0.496 e. The zero-order valence-corrected chi connectivity index (χ0v) is 11.2. The SMILES string of the molecule is CCOC(=O)c1nc(-c2cc(OC)cs2)n(C)n1. The Labute approximate surface area is 108 Å². The van der Waals surface area contributed by atoms with Crippen molar-refractivity contribution in [3.8, 4) is 16.5 Å². The molecule has 0 spiro atoms. The van der Waals surface area contributed by atoms with E-state index in [1.807, 2.05) is 11.4 Å². The molecule has 0 unspecified atom stereocenters.